The Bertz CT molecular complexity index is 704. The van der Waals surface area contributed by atoms with Crippen LogP contribution >= 0.6 is 11.6 Å². The molecule has 0 fully saturated rings. The molecular formula is C15H14ClN3O4. The Labute approximate surface area is 137 Å². The Morgan fingerprint density at radius 1 is 1.35 bits per heavy atom. The Hall–Kier alpha value is -2.67. The van der Waals surface area contributed by atoms with E-state index in [1.807, 2.05) is 0 Å². The van der Waals surface area contributed by atoms with Crippen molar-refractivity contribution in [1.29, 1.82) is 0 Å². The first kappa shape index (κ1) is 16.7. The van der Waals surface area contributed by atoms with Gasteiger partial charge in [-0.05, 0) is 36.8 Å². The Morgan fingerprint density at radius 2 is 2.00 bits per heavy atom. The molecule has 0 spiro atoms. The highest BCUT2D eigenvalue weighted by Gasteiger charge is 2.27. The van der Waals surface area contributed by atoms with Gasteiger partial charge in [0.05, 0.1) is 4.92 Å². The fraction of sp³-hybridized carbons (Fsp3) is 0.200. The first-order chi connectivity index (χ1) is 10.9. The van der Waals surface area contributed by atoms with Crippen molar-refractivity contribution < 1.29 is 14.8 Å². The molecule has 1 aromatic heterocycles. The summed E-state index contributed by atoms with van der Waals surface area (Å²) >= 11 is 5.87. The lowest BCUT2D eigenvalue weighted by molar-refractivity contribution is -0.385. The fourth-order valence-corrected chi connectivity index (χ4v) is 2.30. The van der Waals surface area contributed by atoms with E-state index in [0.717, 1.165) is 6.20 Å². The van der Waals surface area contributed by atoms with Crippen molar-refractivity contribution in [3.8, 4) is 0 Å². The molecule has 2 rings (SSSR count). The number of benzene rings is 1. The molecule has 1 heterocycles. The first-order valence-electron chi connectivity index (χ1n) is 6.82. The summed E-state index contributed by atoms with van der Waals surface area (Å²) in [7, 11) is 0. The normalized spacial score (nSPS) is 11.7. The number of pyridine rings is 1. The molecule has 120 valence electrons. The monoisotopic (exact) mass is 335 g/mol. The van der Waals surface area contributed by atoms with Crippen molar-refractivity contribution >= 4 is 34.8 Å². The van der Waals surface area contributed by atoms with E-state index in [1.54, 1.807) is 31.2 Å². The summed E-state index contributed by atoms with van der Waals surface area (Å²) in [6.45, 7) is 1.74. The van der Waals surface area contributed by atoms with E-state index < -0.39 is 16.9 Å². The number of nitro groups is 1. The van der Waals surface area contributed by atoms with E-state index in [0.29, 0.717) is 22.9 Å². The van der Waals surface area contributed by atoms with Crippen molar-refractivity contribution in [2.45, 2.75) is 19.4 Å². The maximum Gasteiger partial charge on any atom is 0.326 e. The molecule has 1 unspecified atom stereocenters. The average Bonchev–Trinajstić information content (AvgIpc) is 2.53. The lowest BCUT2D eigenvalue weighted by Crippen LogP contribution is -2.38. The molecule has 2 aromatic rings. The number of aromatic nitrogens is 1. The lowest BCUT2D eigenvalue weighted by atomic mass is 10.1. The molecule has 7 nitrogen and oxygen atoms in total. The molecule has 0 radical (unpaired) electrons. The van der Waals surface area contributed by atoms with Crippen LogP contribution in [0.15, 0.2) is 42.6 Å². The second-order valence-electron chi connectivity index (χ2n) is 4.74. The van der Waals surface area contributed by atoms with E-state index >= 15 is 0 Å². The maximum atomic E-state index is 11.6. The van der Waals surface area contributed by atoms with Crippen LogP contribution in [0.3, 0.4) is 0 Å². The van der Waals surface area contributed by atoms with Crippen LogP contribution in [0.5, 0.6) is 0 Å². The van der Waals surface area contributed by atoms with Gasteiger partial charge in [0, 0.05) is 16.8 Å². The van der Waals surface area contributed by atoms with Crippen molar-refractivity contribution in [2.75, 3.05) is 4.90 Å². The van der Waals surface area contributed by atoms with Crippen LogP contribution in [-0.4, -0.2) is 27.0 Å². The van der Waals surface area contributed by atoms with Gasteiger partial charge in [0.2, 0.25) is 0 Å². The minimum atomic E-state index is -1.01. The highest BCUT2D eigenvalue weighted by Crippen LogP contribution is 2.29. The van der Waals surface area contributed by atoms with Crippen molar-refractivity contribution in [3.63, 3.8) is 0 Å². The molecule has 0 amide bonds. The van der Waals surface area contributed by atoms with Gasteiger partial charge < -0.3 is 10.0 Å². The van der Waals surface area contributed by atoms with Crippen molar-refractivity contribution in [3.05, 3.63) is 57.7 Å². The number of carbonyl (C=O) groups is 1. The van der Waals surface area contributed by atoms with Crippen LogP contribution in [0.2, 0.25) is 5.02 Å². The number of hydrogen-bond donors (Lipinski definition) is 1. The van der Waals surface area contributed by atoms with Gasteiger partial charge in [-0.25, -0.2) is 9.78 Å². The number of hydrogen-bond acceptors (Lipinski definition) is 5. The number of aliphatic carboxylic acids is 1. The molecule has 0 aliphatic rings. The summed E-state index contributed by atoms with van der Waals surface area (Å²) < 4.78 is 0. The zero-order chi connectivity index (χ0) is 17.0. The van der Waals surface area contributed by atoms with Gasteiger partial charge in [0.1, 0.15) is 18.1 Å². The number of nitrogens with zero attached hydrogens (tertiary/aromatic N) is 3. The van der Waals surface area contributed by atoms with Gasteiger partial charge in [-0.1, -0.05) is 18.5 Å². The zero-order valence-electron chi connectivity index (χ0n) is 12.2. The van der Waals surface area contributed by atoms with E-state index in [2.05, 4.69) is 4.98 Å². The number of carboxylic acid groups (broad SMARTS) is 1. The standard InChI is InChI=1S/C15H14ClN3O4/c1-2-13(15(20)21)18(11-5-3-10(16)4-6-11)14-8-7-12(9-17-14)19(22)23/h3-9,13H,2H2,1H3,(H,20,21). The summed E-state index contributed by atoms with van der Waals surface area (Å²) in [5.41, 5.74) is 0.429. The molecule has 0 saturated carbocycles. The average molecular weight is 336 g/mol. The quantitative estimate of drug-likeness (QED) is 0.639. The Kier molecular flexibility index (Phi) is 5.13. The van der Waals surface area contributed by atoms with E-state index in [9.17, 15) is 20.0 Å². The second-order valence-corrected chi connectivity index (χ2v) is 5.18. The molecular weight excluding hydrogens is 322 g/mol. The third-order valence-electron chi connectivity index (χ3n) is 3.28. The molecule has 1 N–H and O–H groups in total. The van der Waals surface area contributed by atoms with Gasteiger partial charge in [0.25, 0.3) is 5.69 Å². The summed E-state index contributed by atoms with van der Waals surface area (Å²) in [4.78, 5) is 27.3. The molecule has 0 aliphatic carbocycles. The number of anilines is 2. The molecule has 0 saturated heterocycles. The zero-order valence-corrected chi connectivity index (χ0v) is 13.0. The highest BCUT2D eigenvalue weighted by molar-refractivity contribution is 6.30. The van der Waals surface area contributed by atoms with Gasteiger partial charge in [-0.2, -0.15) is 0 Å². The fourth-order valence-electron chi connectivity index (χ4n) is 2.17. The smallest absolute Gasteiger partial charge is 0.326 e. The van der Waals surface area contributed by atoms with Crippen molar-refractivity contribution in [2.24, 2.45) is 0 Å². The number of halogens is 1. The third kappa shape index (κ3) is 3.75. The minimum absolute atomic E-state index is 0.159. The maximum absolute atomic E-state index is 11.6. The first-order valence-corrected chi connectivity index (χ1v) is 7.20. The predicted octanol–water partition coefficient (Wildman–Crippen LogP) is 3.64. The summed E-state index contributed by atoms with van der Waals surface area (Å²) in [6.07, 6.45) is 1.43. The van der Waals surface area contributed by atoms with Gasteiger partial charge in [-0.3, -0.25) is 10.1 Å². The van der Waals surface area contributed by atoms with Crippen LogP contribution in [0, 0.1) is 10.1 Å². The van der Waals surface area contributed by atoms with Crippen LogP contribution in [0.25, 0.3) is 0 Å². The number of carboxylic acids is 1. The largest absolute Gasteiger partial charge is 0.480 e. The summed E-state index contributed by atoms with van der Waals surface area (Å²) in [6, 6.07) is 8.50. The highest BCUT2D eigenvalue weighted by atomic mass is 35.5. The van der Waals surface area contributed by atoms with Crippen molar-refractivity contribution in [1.82, 2.24) is 4.98 Å². The Morgan fingerprint density at radius 3 is 2.43 bits per heavy atom. The second kappa shape index (κ2) is 7.06. The molecule has 0 bridgehead atoms. The topological polar surface area (TPSA) is 96.6 Å². The Balaban J connectivity index is 2.50. The SMILES string of the molecule is CCC(C(=O)O)N(c1ccc(Cl)cc1)c1ccc([N+](=O)[O-])cn1. The molecule has 1 aromatic carbocycles. The van der Waals surface area contributed by atoms with Crippen LogP contribution in [0.4, 0.5) is 17.2 Å². The predicted molar refractivity (Wildman–Crippen MR) is 86.2 cm³/mol. The molecule has 8 heteroatoms. The van der Waals surface area contributed by atoms with Crippen LogP contribution in [0.1, 0.15) is 13.3 Å². The van der Waals surface area contributed by atoms with E-state index in [-0.39, 0.29) is 5.69 Å². The summed E-state index contributed by atoms with van der Waals surface area (Å²) in [5, 5.41) is 20.7. The molecule has 0 aliphatic heterocycles. The summed E-state index contributed by atoms with van der Waals surface area (Å²) in [5.74, 6) is -0.699. The van der Waals surface area contributed by atoms with Gasteiger partial charge in [0.15, 0.2) is 0 Å². The lowest BCUT2D eigenvalue weighted by Gasteiger charge is -2.29. The van der Waals surface area contributed by atoms with Gasteiger partial charge in [-0.15, -0.1) is 0 Å². The molecule has 1 atom stereocenters. The van der Waals surface area contributed by atoms with Crippen LogP contribution in [-0.2, 0) is 4.79 Å². The molecule has 23 heavy (non-hydrogen) atoms. The van der Waals surface area contributed by atoms with Crippen LogP contribution < -0.4 is 4.90 Å². The van der Waals surface area contributed by atoms with Gasteiger partial charge >= 0.3 is 5.97 Å². The van der Waals surface area contributed by atoms with E-state index in [4.69, 9.17) is 11.6 Å². The third-order valence-corrected chi connectivity index (χ3v) is 3.53. The van der Waals surface area contributed by atoms with E-state index in [1.165, 1.54) is 17.0 Å². The number of rotatable bonds is 6. The minimum Gasteiger partial charge on any atom is -0.480 e.